The average Bonchev–Trinajstić information content (AvgIpc) is 2.60. The van der Waals surface area contributed by atoms with E-state index in [-0.39, 0.29) is 12.4 Å². The van der Waals surface area contributed by atoms with Gasteiger partial charge in [0, 0.05) is 6.54 Å². The summed E-state index contributed by atoms with van der Waals surface area (Å²) in [7, 11) is 1.59. The van der Waals surface area contributed by atoms with E-state index in [2.05, 4.69) is 5.32 Å². The van der Waals surface area contributed by atoms with Crippen molar-refractivity contribution < 1.29 is 28.5 Å². The molecule has 7 nitrogen and oxygen atoms in total. The monoisotopic (exact) mass is 321 g/mol. The lowest BCUT2D eigenvalue weighted by Gasteiger charge is -2.17. The normalized spacial score (nSPS) is 14.6. The van der Waals surface area contributed by atoms with E-state index in [4.69, 9.17) is 18.9 Å². The maximum atomic E-state index is 12.0. The number of carbonyl (C=O) groups excluding carboxylic acids is 2. The first kappa shape index (κ1) is 16.7. The molecule has 1 amide bonds. The first-order chi connectivity index (χ1) is 11.1. The molecule has 0 spiro atoms. The third-order valence-electron chi connectivity index (χ3n) is 3.13. The summed E-state index contributed by atoms with van der Waals surface area (Å²) in [6.45, 7) is 2.48. The Balaban J connectivity index is 1.79. The van der Waals surface area contributed by atoms with Gasteiger partial charge in [-0.05, 0) is 24.6 Å². The van der Waals surface area contributed by atoms with E-state index >= 15 is 0 Å². The van der Waals surface area contributed by atoms with Crippen LogP contribution in [0.1, 0.15) is 12.5 Å². The van der Waals surface area contributed by atoms with Crippen LogP contribution in [0.5, 0.6) is 5.75 Å². The van der Waals surface area contributed by atoms with Gasteiger partial charge in [0.15, 0.2) is 6.10 Å². The summed E-state index contributed by atoms with van der Waals surface area (Å²) in [5.74, 6) is -0.417. The molecule has 1 heterocycles. The van der Waals surface area contributed by atoms with Crippen LogP contribution in [-0.2, 0) is 30.3 Å². The van der Waals surface area contributed by atoms with Crippen molar-refractivity contribution in [1.29, 1.82) is 0 Å². The molecule has 1 aliphatic rings. The molecule has 1 N–H and O–H groups in total. The number of carbonyl (C=O) groups is 2. The Morgan fingerprint density at radius 1 is 1.26 bits per heavy atom. The minimum atomic E-state index is -0.938. The highest BCUT2D eigenvalue weighted by atomic mass is 16.6. The smallest absolute Gasteiger partial charge is 0.377 e. The van der Waals surface area contributed by atoms with Gasteiger partial charge >= 0.3 is 5.97 Å². The zero-order valence-electron chi connectivity index (χ0n) is 13.0. The number of rotatable bonds is 6. The molecule has 0 saturated carbocycles. The first-order valence-corrected chi connectivity index (χ1v) is 7.16. The van der Waals surface area contributed by atoms with Gasteiger partial charge in [-0.1, -0.05) is 12.1 Å². The second kappa shape index (κ2) is 8.07. The third kappa shape index (κ3) is 4.91. The van der Waals surface area contributed by atoms with E-state index in [1.54, 1.807) is 19.2 Å². The van der Waals surface area contributed by atoms with Crippen molar-refractivity contribution in [2.75, 3.05) is 20.3 Å². The Bertz CT molecular complexity index is 581. The van der Waals surface area contributed by atoms with E-state index in [1.807, 2.05) is 12.1 Å². The lowest BCUT2D eigenvalue weighted by Crippen LogP contribution is -2.36. The van der Waals surface area contributed by atoms with Crippen molar-refractivity contribution in [3.63, 3.8) is 0 Å². The summed E-state index contributed by atoms with van der Waals surface area (Å²) in [6.07, 6.45) is 0.251. The maximum absolute atomic E-state index is 12.0. The number of methoxy groups -OCH3 is 1. The molecule has 0 saturated heterocycles. The lowest BCUT2D eigenvalue weighted by atomic mass is 10.2. The van der Waals surface area contributed by atoms with Crippen LogP contribution in [0.3, 0.4) is 0 Å². The molecule has 1 aromatic rings. The maximum Gasteiger partial charge on any atom is 0.377 e. The summed E-state index contributed by atoms with van der Waals surface area (Å²) in [6, 6.07) is 7.29. The Hall–Kier alpha value is -2.70. The minimum Gasteiger partial charge on any atom is -0.497 e. The highest BCUT2D eigenvalue weighted by Gasteiger charge is 2.23. The highest BCUT2D eigenvalue weighted by molar-refractivity contribution is 5.89. The van der Waals surface area contributed by atoms with Crippen molar-refractivity contribution in [1.82, 2.24) is 5.32 Å². The SMILES string of the molecule is COc1ccc(CNC(=O)[C@H](C)OC(=O)C2=COCCO2)cc1. The van der Waals surface area contributed by atoms with E-state index in [9.17, 15) is 9.59 Å². The van der Waals surface area contributed by atoms with Crippen LogP contribution in [-0.4, -0.2) is 38.3 Å². The van der Waals surface area contributed by atoms with E-state index in [0.717, 1.165) is 11.3 Å². The van der Waals surface area contributed by atoms with E-state index in [0.29, 0.717) is 13.2 Å². The number of hydrogen-bond acceptors (Lipinski definition) is 6. The molecule has 0 bridgehead atoms. The van der Waals surface area contributed by atoms with Gasteiger partial charge in [-0.3, -0.25) is 4.79 Å². The fourth-order valence-corrected chi connectivity index (χ4v) is 1.82. The molecule has 7 heteroatoms. The van der Waals surface area contributed by atoms with Crippen molar-refractivity contribution in [2.45, 2.75) is 19.6 Å². The van der Waals surface area contributed by atoms with Crippen LogP contribution in [0, 0.1) is 0 Å². The number of esters is 1. The molecule has 0 radical (unpaired) electrons. The van der Waals surface area contributed by atoms with Crippen molar-refractivity contribution in [2.24, 2.45) is 0 Å². The van der Waals surface area contributed by atoms with Gasteiger partial charge in [-0.2, -0.15) is 0 Å². The summed E-state index contributed by atoms with van der Waals surface area (Å²) in [5, 5.41) is 2.70. The molecule has 0 aromatic heterocycles. The van der Waals surface area contributed by atoms with Crippen LogP contribution in [0.2, 0.25) is 0 Å². The second-order valence-corrected chi connectivity index (χ2v) is 4.81. The quantitative estimate of drug-likeness (QED) is 0.791. The van der Waals surface area contributed by atoms with Crippen LogP contribution < -0.4 is 10.1 Å². The molecule has 1 atom stereocenters. The Labute approximate surface area is 134 Å². The Morgan fingerprint density at radius 3 is 2.61 bits per heavy atom. The van der Waals surface area contributed by atoms with Gasteiger partial charge < -0.3 is 24.3 Å². The van der Waals surface area contributed by atoms with E-state index < -0.39 is 18.0 Å². The molecule has 2 rings (SSSR count). The van der Waals surface area contributed by atoms with Gasteiger partial charge in [0.1, 0.15) is 25.2 Å². The van der Waals surface area contributed by atoms with Crippen molar-refractivity contribution in [3.8, 4) is 5.75 Å². The van der Waals surface area contributed by atoms with Gasteiger partial charge in [-0.25, -0.2) is 4.79 Å². The Kier molecular flexibility index (Phi) is 5.85. The summed E-state index contributed by atoms with van der Waals surface area (Å²) in [4.78, 5) is 23.7. The van der Waals surface area contributed by atoms with Gasteiger partial charge in [0.05, 0.1) is 7.11 Å². The molecular weight excluding hydrogens is 302 g/mol. The number of nitrogens with one attached hydrogen (secondary N) is 1. The first-order valence-electron chi connectivity index (χ1n) is 7.16. The fourth-order valence-electron chi connectivity index (χ4n) is 1.82. The molecule has 1 aromatic carbocycles. The van der Waals surface area contributed by atoms with Crippen molar-refractivity contribution in [3.05, 3.63) is 41.9 Å². The van der Waals surface area contributed by atoms with Crippen molar-refractivity contribution >= 4 is 11.9 Å². The second-order valence-electron chi connectivity index (χ2n) is 4.81. The average molecular weight is 321 g/mol. The van der Waals surface area contributed by atoms with Crippen LogP contribution in [0.4, 0.5) is 0 Å². The molecule has 0 aliphatic carbocycles. The van der Waals surface area contributed by atoms with Gasteiger partial charge in [0.25, 0.3) is 5.91 Å². The number of amides is 1. The Morgan fingerprint density at radius 2 is 2.00 bits per heavy atom. The van der Waals surface area contributed by atoms with Crippen LogP contribution in [0.25, 0.3) is 0 Å². The number of hydrogen-bond donors (Lipinski definition) is 1. The minimum absolute atomic E-state index is 0.0361. The van der Waals surface area contributed by atoms with E-state index in [1.165, 1.54) is 13.2 Å². The molecule has 1 aliphatic heterocycles. The van der Waals surface area contributed by atoms with Gasteiger partial charge in [0.2, 0.25) is 5.76 Å². The summed E-state index contributed by atoms with van der Waals surface area (Å²) >= 11 is 0. The largest absolute Gasteiger partial charge is 0.497 e. The predicted molar refractivity (Wildman–Crippen MR) is 80.4 cm³/mol. The number of benzene rings is 1. The van der Waals surface area contributed by atoms with Crippen LogP contribution in [0.15, 0.2) is 36.3 Å². The molecule has 0 unspecified atom stereocenters. The van der Waals surface area contributed by atoms with Gasteiger partial charge in [-0.15, -0.1) is 0 Å². The fraction of sp³-hybridized carbons (Fsp3) is 0.375. The molecule has 0 fully saturated rings. The third-order valence-corrected chi connectivity index (χ3v) is 3.13. The predicted octanol–water partition coefficient (Wildman–Crippen LogP) is 1.13. The highest BCUT2D eigenvalue weighted by Crippen LogP contribution is 2.11. The summed E-state index contributed by atoms with van der Waals surface area (Å²) in [5.41, 5.74) is 0.907. The topological polar surface area (TPSA) is 83.1 Å². The summed E-state index contributed by atoms with van der Waals surface area (Å²) < 4.78 is 20.2. The zero-order chi connectivity index (χ0) is 16.7. The standard InChI is InChI=1S/C16H19NO6/c1-11(23-16(19)14-10-21-7-8-22-14)15(18)17-9-12-3-5-13(20-2)6-4-12/h3-6,10-11H,7-9H2,1-2H3,(H,17,18)/t11-/m0/s1. The number of ether oxygens (including phenoxy) is 4. The molecule has 124 valence electrons. The zero-order valence-corrected chi connectivity index (χ0v) is 13.0. The van der Waals surface area contributed by atoms with Crippen LogP contribution >= 0.6 is 0 Å². The molecular formula is C16H19NO6. The lowest BCUT2D eigenvalue weighted by molar-refractivity contribution is -0.155. The molecule has 23 heavy (non-hydrogen) atoms.